The number of rotatable bonds is 3. The summed E-state index contributed by atoms with van der Waals surface area (Å²) in [7, 11) is 0. The van der Waals surface area contributed by atoms with Crippen LogP contribution in [-0.4, -0.2) is 38.5 Å². The maximum Gasteiger partial charge on any atom is 0.420 e. The second kappa shape index (κ2) is 6.42. The lowest BCUT2D eigenvalue weighted by Gasteiger charge is -2.13. The van der Waals surface area contributed by atoms with Crippen molar-refractivity contribution in [1.29, 1.82) is 0 Å². The molecule has 2 heterocycles. The molecule has 0 fully saturated rings. The highest BCUT2D eigenvalue weighted by molar-refractivity contribution is 6.37. The van der Waals surface area contributed by atoms with Crippen LogP contribution >= 0.6 is 0 Å². The number of hydrogen-bond acceptors (Lipinski definition) is 6. The lowest BCUT2D eigenvalue weighted by atomic mass is 10.2. The average molecular weight is 329 g/mol. The van der Waals surface area contributed by atoms with Crippen LogP contribution in [-0.2, 0) is 20.5 Å². The summed E-state index contributed by atoms with van der Waals surface area (Å²) in [5.74, 6) is -2.97. The molecule has 23 heavy (non-hydrogen) atoms. The second-order valence-corrected chi connectivity index (χ2v) is 4.09. The zero-order valence-corrected chi connectivity index (χ0v) is 11.7. The van der Waals surface area contributed by atoms with Gasteiger partial charge in [-0.25, -0.2) is 9.78 Å². The number of nitrogens with one attached hydrogen (secondary N) is 1. The Labute approximate surface area is 127 Å². The molecule has 1 N–H and O–H groups in total. The molecule has 0 saturated heterocycles. The number of anilines is 1. The van der Waals surface area contributed by atoms with Crippen LogP contribution in [0.1, 0.15) is 12.5 Å². The quantitative estimate of drug-likeness (QED) is 0.671. The van der Waals surface area contributed by atoms with Crippen molar-refractivity contribution < 1.29 is 27.5 Å². The van der Waals surface area contributed by atoms with Crippen LogP contribution in [0.15, 0.2) is 24.7 Å². The molecule has 0 spiro atoms. The zero-order chi connectivity index (χ0) is 17.0. The first-order chi connectivity index (χ1) is 10.8. The third-order valence-electron chi connectivity index (χ3n) is 2.50. The largest absolute Gasteiger partial charge is 0.459 e. The average Bonchev–Trinajstić information content (AvgIpc) is 3.00. The Balaban J connectivity index is 2.34. The summed E-state index contributed by atoms with van der Waals surface area (Å²) in [6.07, 6.45) is -1.43. The summed E-state index contributed by atoms with van der Waals surface area (Å²) >= 11 is 0. The van der Waals surface area contributed by atoms with Gasteiger partial charge in [0.1, 0.15) is 5.56 Å². The van der Waals surface area contributed by atoms with Crippen molar-refractivity contribution in [2.45, 2.75) is 13.1 Å². The predicted octanol–water partition coefficient (Wildman–Crippen LogP) is 1.18. The van der Waals surface area contributed by atoms with E-state index in [9.17, 15) is 22.8 Å². The fourth-order valence-corrected chi connectivity index (χ4v) is 1.60. The number of halogens is 3. The normalized spacial score (nSPS) is 11.1. The minimum absolute atomic E-state index is 0.0395. The highest BCUT2D eigenvalue weighted by Gasteiger charge is 2.36. The lowest BCUT2D eigenvalue weighted by molar-refractivity contribution is -0.152. The van der Waals surface area contributed by atoms with Gasteiger partial charge >= 0.3 is 18.1 Å². The van der Waals surface area contributed by atoms with Crippen molar-refractivity contribution >= 4 is 17.6 Å². The molecule has 11 heteroatoms. The fraction of sp³-hybridized carbons (Fsp3) is 0.250. The van der Waals surface area contributed by atoms with E-state index < -0.39 is 29.4 Å². The van der Waals surface area contributed by atoms with Crippen molar-refractivity contribution in [3.63, 3.8) is 0 Å². The number of pyridine rings is 1. The van der Waals surface area contributed by atoms with Gasteiger partial charge in [-0.15, -0.1) is 4.80 Å². The van der Waals surface area contributed by atoms with Crippen LogP contribution < -0.4 is 5.32 Å². The minimum atomic E-state index is -4.76. The van der Waals surface area contributed by atoms with Gasteiger partial charge in [-0.1, -0.05) is 0 Å². The van der Waals surface area contributed by atoms with Gasteiger partial charge in [0.15, 0.2) is 5.82 Å². The van der Waals surface area contributed by atoms with Crippen molar-refractivity contribution in [3.8, 4) is 5.82 Å². The highest BCUT2D eigenvalue weighted by atomic mass is 19.4. The minimum Gasteiger partial charge on any atom is -0.459 e. The Morgan fingerprint density at radius 3 is 2.52 bits per heavy atom. The molecule has 0 aliphatic heterocycles. The maximum atomic E-state index is 13.1. The molecule has 0 aliphatic rings. The number of esters is 1. The number of aromatic nitrogens is 4. The Bertz CT molecular complexity index is 715. The summed E-state index contributed by atoms with van der Waals surface area (Å²) in [6, 6.07) is 0.628. The van der Waals surface area contributed by atoms with E-state index in [-0.39, 0.29) is 12.3 Å². The smallest absolute Gasteiger partial charge is 0.420 e. The van der Waals surface area contributed by atoms with Crippen molar-refractivity contribution in [2.75, 3.05) is 11.9 Å². The Morgan fingerprint density at radius 1 is 1.30 bits per heavy atom. The third-order valence-corrected chi connectivity index (χ3v) is 2.50. The van der Waals surface area contributed by atoms with Crippen LogP contribution in [0.3, 0.4) is 0 Å². The van der Waals surface area contributed by atoms with Crippen LogP contribution in [0.4, 0.5) is 18.9 Å². The summed E-state index contributed by atoms with van der Waals surface area (Å²) in [6.45, 7) is 1.45. The van der Waals surface area contributed by atoms with Crippen LogP contribution in [0.25, 0.3) is 5.82 Å². The molecule has 2 aromatic rings. The molecule has 0 atom stereocenters. The first-order valence-corrected chi connectivity index (χ1v) is 6.25. The van der Waals surface area contributed by atoms with Gasteiger partial charge in [0.25, 0.3) is 0 Å². The standard InChI is InChI=1S/C12H10F3N5O3/c1-2-23-11(22)10(21)19-7-5-8(12(13,14)15)9(16-6-7)20-17-3-4-18-20/h3-6H,2H2,1H3,(H,19,21). The van der Waals surface area contributed by atoms with E-state index in [1.807, 2.05) is 5.32 Å². The molecule has 2 rings (SSSR count). The Hall–Kier alpha value is -2.98. The van der Waals surface area contributed by atoms with E-state index >= 15 is 0 Å². The SMILES string of the molecule is CCOC(=O)C(=O)Nc1cnc(-n2nccn2)c(C(F)(F)F)c1. The monoisotopic (exact) mass is 329 g/mol. The van der Waals surface area contributed by atoms with Gasteiger partial charge < -0.3 is 10.1 Å². The Morgan fingerprint density at radius 2 is 1.96 bits per heavy atom. The van der Waals surface area contributed by atoms with Gasteiger partial charge in [-0.2, -0.15) is 23.4 Å². The van der Waals surface area contributed by atoms with E-state index in [0.717, 1.165) is 6.20 Å². The molecular weight excluding hydrogens is 319 g/mol. The van der Waals surface area contributed by atoms with Gasteiger partial charge in [0, 0.05) is 0 Å². The van der Waals surface area contributed by atoms with Crippen LogP contribution in [0.5, 0.6) is 0 Å². The van der Waals surface area contributed by atoms with Gasteiger partial charge in [-0.05, 0) is 13.0 Å². The molecule has 1 amide bonds. The predicted molar refractivity (Wildman–Crippen MR) is 69.4 cm³/mol. The summed E-state index contributed by atoms with van der Waals surface area (Å²) in [4.78, 5) is 26.9. The van der Waals surface area contributed by atoms with Crippen LogP contribution in [0.2, 0.25) is 0 Å². The topological polar surface area (TPSA) is 99.0 Å². The first-order valence-electron chi connectivity index (χ1n) is 6.25. The number of ether oxygens (including phenoxy) is 1. The van der Waals surface area contributed by atoms with E-state index in [4.69, 9.17) is 0 Å². The molecule has 0 radical (unpaired) electrons. The summed E-state index contributed by atoms with van der Waals surface area (Å²) in [5.41, 5.74) is -1.48. The second-order valence-electron chi connectivity index (χ2n) is 4.09. The fourth-order valence-electron chi connectivity index (χ4n) is 1.60. The van der Waals surface area contributed by atoms with Crippen molar-refractivity contribution in [2.24, 2.45) is 0 Å². The van der Waals surface area contributed by atoms with Crippen LogP contribution in [0, 0.1) is 0 Å². The maximum absolute atomic E-state index is 13.1. The van der Waals surface area contributed by atoms with Gasteiger partial charge in [-0.3, -0.25) is 4.79 Å². The summed E-state index contributed by atoms with van der Waals surface area (Å²) in [5, 5.41) is 9.16. The van der Waals surface area contributed by atoms with E-state index in [1.54, 1.807) is 0 Å². The molecule has 2 aromatic heterocycles. The number of hydrogen-bond donors (Lipinski definition) is 1. The van der Waals surface area contributed by atoms with E-state index in [0.29, 0.717) is 10.9 Å². The van der Waals surface area contributed by atoms with Gasteiger partial charge in [0.2, 0.25) is 0 Å². The van der Waals surface area contributed by atoms with Gasteiger partial charge in [0.05, 0.1) is 30.9 Å². The molecule has 0 aliphatic carbocycles. The highest BCUT2D eigenvalue weighted by Crippen LogP contribution is 2.33. The number of amides is 1. The number of alkyl halides is 3. The molecule has 122 valence electrons. The van der Waals surface area contributed by atoms with Crippen molar-refractivity contribution in [1.82, 2.24) is 20.0 Å². The van der Waals surface area contributed by atoms with E-state index in [1.165, 1.54) is 19.3 Å². The number of nitrogens with zero attached hydrogens (tertiary/aromatic N) is 4. The molecule has 0 saturated carbocycles. The molecule has 0 aromatic carbocycles. The number of carbonyl (C=O) groups excluding carboxylic acids is 2. The zero-order valence-electron chi connectivity index (χ0n) is 11.7. The van der Waals surface area contributed by atoms with Crippen molar-refractivity contribution in [3.05, 3.63) is 30.2 Å². The lowest BCUT2D eigenvalue weighted by Crippen LogP contribution is -2.25. The Kier molecular flexibility index (Phi) is 4.57. The molecule has 0 bridgehead atoms. The molecule has 0 unspecified atom stereocenters. The summed E-state index contributed by atoms with van der Waals surface area (Å²) < 4.78 is 43.8. The number of carbonyl (C=O) groups is 2. The van der Waals surface area contributed by atoms with E-state index in [2.05, 4.69) is 19.9 Å². The molecule has 8 nitrogen and oxygen atoms in total. The molecular formula is C12H10F3N5O3. The first kappa shape index (κ1) is 16.4. The third kappa shape index (κ3) is 3.81.